The van der Waals surface area contributed by atoms with Gasteiger partial charge in [-0.05, 0) is 101 Å². The molecule has 0 radical (unpaired) electrons. The molecule has 4 heterocycles. The summed E-state index contributed by atoms with van der Waals surface area (Å²) in [4.78, 5) is 25.4. The summed E-state index contributed by atoms with van der Waals surface area (Å²) in [6.07, 6.45) is 3.10. The number of nitrogens with zero attached hydrogens (tertiary/aromatic N) is 4. The molecule has 4 aromatic carbocycles. The molecule has 0 spiro atoms. The quantitative estimate of drug-likeness (QED) is 0.0679. The topological polar surface area (TPSA) is 183 Å². The van der Waals surface area contributed by atoms with Crippen molar-refractivity contribution in [3.8, 4) is 22.9 Å². The molecular weight excluding hydrogens is 1240 g/mol. The zero-order valence-corrected chi connectivity index (χ0v) is 51.7. The number of aromatic nitrogens is 4. The molecule has 75 heavy (non-hydrogen) atoms. The number of pyridine rings is 2. The van der Waals surface area contributed by atoms with E-state index in [1.807, 2.05) is 20.8 Å². The van der Waals surface area contributed by atoms with Crippen molar-refractivity contribution < 1.29 is 60.5 Å². The van der Waals surface area contributed by atoms with E-state index in [1.54, 1.807) is 19.1 Å². The Bertz CT molecular complexity index is 3560. The van der Waals surface area contributed by atoms with Crippen molar-refractivity contribution in [1.29, 1.82) is 0 Å². The molecule has 0 amide bonds. The van der Waals surface area contributed by atoms with Crippen molar-refractivity contribution in [2.45, 2.75) is 81.0 Å². The number of hydrogen-bond acceptors (Lipinski definition) is 12. The van der Waals surface area contributed by atoms with Gasteiger partial charge in [0.2, 0.25) is 0 Å². The van der Waals surface area contributed by atoms with Gasteiger partial charge in [0.15, 0.2) is 19.7 Å². The van der Waals surface area contributed by atoms with Crippen molar-refractivity contribution in [2.75, 3.05) is 14.2 Å². The standard InChI is InChI=1S/C25H25FN2O5S.C20H14BrFN2O5S.C5H11.C2H4Cl2.BrH.Zn/c1-25(2,3)14-17-12-23(32-4)22(13-20(17)26)28-21-7-6-19(11-16(21)5-8-24(28)29)34(30,31)15-18-9-10-33-27-18;1-28-19-9-15(21)16(22)10-18(19)24-17-4-3-14(8-12(17)2-5-20(24)25)30(26,27)11-13-6-7-29-23-13;1-5(2,3)4;1-2(3)4;;/h5-13H,14-15H2,1-4H3;2-10H,11H2,1H3;1H2,2-4H3;2H,1H3;1H;/q;;-1;;;+2/p-1. The fourth-order valence-electron chi connectivity index (χ4n) is 7.00. The van der Waals surface area contributed by atoms with Crippen LogP contribution in [0.2, 0.25) is 0 Å². The number of alkyl halides is 2. The van der Waals surface area contributed by atoms with E-state index in [4.69, 9.17) is 37.2 Å². The van der Waals surface area contributed by atoms with Gasteiger partial charge in [-0.3, -0.25) is 18.7 Å². The molecule has 0 bridgehead atoms. The molecule has 8 aromatic rings. The van der Waals surface area contributed by atoms with E-state index in [0.717, 1.165) is 0 Å². The molecule has 4 aromatic heterocycles. The SMILES string of the molecule is CC(Cl)Cl.COc1cc(Br)c(F)cc1-n1c(=O)ccc2cc(S(=O)(=O)Cc3ccon3)ccc21.COc1cc(CC(C)(C)C)c(F)cc1-n1c(=O)ccc2cc(S(=O)(=O)Cc3ccon3)ccc21.[CH2-]C(C)(C)C.[Zn+][Br]. The first-order valence-corrected chi connectivity index (χ1v) is 34.3. The molecule has 23 heteroatoms. The van der Waals surface area contributed by atoms with Crippen LogP contribution in [0.1, 0.15) is 65.4 Å². The number of rotatable bonds is 11. The van der Waals surface area contributed by atoms with Crippen LogP contribution in [-0.2, 0) is 53.9 Å². The molecule has 398 valence electrons. The monoisotopic (exact) mass is 1290 g/mol. The van der Waals surface area contributed by atoms with Crippen molar-refractivity contribution in [3.05, 3.63) is 170 Å². The Balaban J connectivity index is 0.000000273. The number of sulfone groups is 2. The minimum absolute atomic E-state index is 0.0668. The summed E-state index contributed by atoms with van der Waals surface area (Å²) in [5.74, 6) is -1.02. The number of hydrogen-bond donors (Lipinski definition) is 0. The fraction of sp³-hybridized carbons (Fsp3) is 0.288. The van der Waals surface area contributed by atoms with Gasteiger partial charge in [-0.25, -0.2) is 25.6 Å². The first kappa shape index (κ1) is 62.8. The van der Waals surface area contributed by atoms with Gasteiger partial charge in [-0.2, -0.15) is 5.41 Å². The number of halogens is 6. The van der Waals surface area contributed by atoms with Crippen molar-refractivity contribution in [1.82, 2.24) is 19.4 Å². The van der Waals surface area contributed by atoms with E-state index in [1.165, 1.54) is 137 Å². The molecule has 0 unspecified atom stereocenters. The zero-order valence-electron chi connectivity index (χ0n) is 42.5. The van der Waals surface area contributed by atoms with Gasteiger partial charge >= 0.3 is 30.0 Å². The summed E-state index contributed by atoms with van der Waals surface area (Å²) in [6.45, 7) is 17.7. The van der Waals surface area contributed by atoms with Crippen LogP contribution in [0.4, 0.5) is 8.78 Å². The third-order valence-electron chi connectivity index (χ3n) is 9.88. The molecule has 0 atom stereocenters. The third kappa shape index (κ3) is 17.9. The normalized spacial score (nSPS) is 11.6. The Morgan fingerprint density at radius 2 is 1.05 bits per heavy atom. The molecule has 0 N–H and O–H groups in total. The van der Waals surface area contributed by atoms with E-state index in [0.29, 0.717) is 45.2 Å². The Morgan fingerprint density at radius 3 is 1.41 bits per heavy atom. The van der Waals surface area contributed by atoms with Crippen LogP contribution in [0.5, 0.6) is 11.5 Å². The van der Waals surface area contributed by atoms with Crippen LogP contribution in [-0.4, -0.2) is 55.3 Å². The summed E-state index contributed by atoms with van der Waals surface area (Å²) in [5.41, 5.74) is 1.64. The Hall–Kier alpha value is -4.76. The van der Waals surface area contributed by atoms with Gasteiger partial charge < -0.3 is 25.4 Å². The molecular formula is C52H54Br2Cl2F2N4O10S2Zn. The fourth-order valence-corrected chi connectivity index (χ4v) is 9.89. The number of benzene rings is 4. The van der Waals surface area contributed by atoms with Gasteiger partial charge in [0, 0.05) is 47.2 Å². The molecule has 0 aliphatic rings. The predicted octanol–water partition coefficient (Wildman–Crippen LogP) is 13.1. The summed E-state index contributed by atoms with van der Waals surface area (Å²) in [7, 11) is -4.52. The summed E-state index contributed by atoms with van der Waals surface area (Å²) < 4.78 is 103. The first-order chi connectivity index (χ1) is 35.0. The molecule has 14 nitrogen and oxygen atoms in total. The van der Waals surface area contributed by atoms with Crippen molar-refractivity contribution in [3.63, 3.8) is 0 Å². The summed E-state index contributed by atoms with van der Waals surface area (Å²) in [6, 6.07) is 22.9. The van der Waals surface area contributed by atoms with E-state index in [2.05, 4.69) is 72.1 Å². The van der Waals surface area contributed by atoms with E-state index < -0.39 is 42.4 Å². The van der Waals surface area contributed by atoms with Gasteiger partial charge in [0.05, 0.1) is 62.3 Å². The average molecular weight is 1290 g/mol. The maximum atomic E-state index is 15.1. The summed E-state index contributed by atoms with van der Waals surface area (Å²) in [5, 5.41) is 8.29. The molecule has 0 fully saturated rings. The van der Waals surface area contributed by atoms with Gasteiger partial charge in [-0.15, -0.1) is 23.2 Å². The van der Waals surface area contributed by atoms with Crippen molar-refractivity contribution >= 4 is 94.2 Å². The van der Waals surface area contributed by atoms with Crippen LogP contribution in [0.25, 0.3) is 33.2 Å². The van der Waals surface area contributed by atoms with Crippen molar-refractivity contribution in [2.24, 2.45) is 10.8 Å². The Kier molecular flexibility index (Phi) is 22.6. The van der Waals surface area contributed by atoms with Crippen LogP contribution >= 0.6 is 52.8 Å². The second-order valence-electron chi connectivity index (χ2n) is 18.8. The Labute approximate surface area is 469 Å². The van der Waals surface area contributed by atoms with Crippen LogP contribution < -0.4 is 20.6 Å². The van der Waals surface area contributed by atoms with Crippen LogP contribution in [0.3, 0.4) is 0 Å². The maximum absolute atomic E-state index is 15.1. The van der Waals surface area contributed by atoms with E-state index >= 15 is 4.39 Å². The van der Waals surface area contributed by atoms with E-state index in [9.17, 15) is 30.8 Å². The van der Waals surface area contributed by atoms with Gasteiger partial charge in [0.25, 0.3) is 11.1 Å². The Morgan fingerprint density at radius 1 is 0.667 bits per heavy atom. The second-order valence-corrected chi connectivity index (χ2v) is 25.2. The second kappa shape index (κ2) is 27.0. The molecule has 0 aliphatic heterocycles. The first-order valence-electron chi connectivity index (χ1n) is 22.4. The van der Waals surface area contributed by atoms with Gasteiger partial charge in [0.1, 0.15) is 52.0 Å². The number of fused-ring (bicyclic) bond motifs is 2. The zero-order chi connectivity index (χ0) is 56.2. The van der Waals surface area contributed by atoms with Crippen LogP contribution in [0, 0.1) is 29.4 Å². The number of ether oxygens (including phenoxy) is 2. The average Bonchev–Trinajstić information content (AvgIpc) is 4.04. The molecule has 8 rings (SSSR count). The molecule has 0 saturated heterocycles. The third-order valence-corrected chi connectivity index (χ3v) is 13.8. The van der Waals surface area contributed by atoms with Crippen LogP contribution in [0.15, 0.2) is 142 Å². The summed E-state index contributed by atoms with van der Waals surface area (Å²) >= 11 is 17.4. The van der Waals surface area contributed by atoms with E-state index in [-0.39, 0.29) is 64.3 Å². The minimum atomic E-state index is -3.70. The molecule has 0 aliphatic carbocycles. The number of methoxy groups -OCH3 is 2. The predicted molar refractivity (Wildman–Crippen MR) is 293 cm³/mol. The van der Waals surface area contributed by atoms with Gasteiger partial charge in [-0.1, -0.05) is 51.9 Å². The molecule has 0 saturated carbocycles.